The number of sulfonamides is 1. The molecule has 5 rings (SSSR count). The summed E-state index contributed by atoms with van der Waals surface area (Å²) in [4.78, 5) is 9.16. The van der Waals surface area contributed by atoms with Crippen LogP contribution in [-0.2, 0) is 14.8 Å². The van der Waals surface area contributed by atoms with Gasteiger partial charge in [-0.3, -0.25) is 0 Å². The minimum atomic E-state index is -3.39. The highest BCUT2D eigenvalue weighted by atomic mass is 79.9. The van der Waals surface area contributed by atoms with Gasteiger partial charge in [0, 0.05) is 31.5 Å². The summed E-state index contributed by atoms with van der Waals surface area (Å²) in [6.45, 7) is 2.54. The molecular weight excluding hydrogens is 568 g/mol. The second-order valence-corrected chi connectivity index (χ2v) is 12.5. The number of aromatic nitrogens is 6. The number of halogens is 1. The van der Waals surface area contributed by atoms with Crippen molar-refractivity contribution in [3.8, 4) is 16.3 Å². The summed E-state index contributed by atoms with van der Waals surface area (Å²) in [6.07, 6.45) is 3.49. The molecule has 4 aromatic rings. The van der Waals surface area contributed by atoms with Crippen LogP contribution in [0.4, 0.5) is 5.95 Å². The number of anilines is 1. The van der Waals surface area contributed by atoms with Crippen molar-refractivity contribution in [2.75, 3.05) is 25.6 Å². The maximum absolute atomic E-state index is 12.6. The standard InChI is InChI=1S/C22H25BrN8O3S2/c1-13-28-29-21(35-13)14-3-6-16(7-4-14)31-20-18(19(23)30-31)12-24-22(27-20)26-15-5-8-17(11-15)36(32,33)25-9-10-34-2/h3-4,6-7,12,15,17,25H,5,8-11H2,1-2H3,(H,24,26,27)/t15-,17+/m1/s1. The average molecular weight is 594 g/mol. The van der Waals surface area contributed by atoms with Crippen LogP contribution in [0, 0.1) is 6.92 Å². The number of ether oxygens (including phenoxy) is 1. The van der Waals surface area contributed by atoms with Crippen molar-refractivity contribution in [1.82, 2.24) is 34.7 Å². The van der Waals surface area contributed by atoms with E-state index < -0.39 is 15.3 Å². The number of methoxy groups -OCH3 is 1. The van der Waals surface area contributed by atoms with Gasteiger partial charge >= 0.3 is 0 Å². The number of rotatable bonds is 9. The van der Waals surface area contributed by atoms with Crippen LogP contribution in [0.1, 0.15) is 24.3 Å². The van der Waals surface area contributed by atoms with Gasteiger partial charge in [0.05, 0.1) is 22.9 Å². The molecule has 2 N–H and O–H groups in total. The molecule has 0 bridgehead atoms. The monoisotopic (exact) mass is 592 g/mol. The fraction of sp³-hybridized carbons (Fsp3) is 0.409. The van der Waals surface area contributed by atoms with E-state index in [1.165, 1.54) is 0 Å². The van der Waals surface area contributed by atoms with E-state index in [9.17, 15) is 8.42 Å². The molecule has 0 saturated heterocycles. The SMILES string of the molecule is COCCNS(=O)(=O)[C@H]1CC[C@@H](Nc2ncc3c(Br)nn(-c4ccc(-c5nnc(C)s5)cc4)c3n2)C1. The predicted molar refractivity (Wildman–Crippen MR) is 142 cm³/mol. The normalized spacial score (nSPS) is 18.2. The molecule has 1 aromatic carbocycles. The van der Waals surface area contributed by atoms with Gasteiger partial charge in [-0.2, -0.15) is 10.1 Å². The molecule has 0 amide bonds. The Hall–Kier alpha value is -2.52. The van der Waals surface area contributed by atoms with Crippen LogP contribution in [0.3, 0.4) is 0 Å². The summed E-state index contributed by atoms with van der Waals surface area (Å²) in [5, 5.41) is 18.3. The molecule has 36 heavy (non-hydrogen) atoms. The molecule has 2 atom stereocenters. The van der Waals surface area contributed by atoms with Crippen molar-refractivity contribution in [3.05, 3.63) is 40.1 Å². The zero-order valence-corrected chi connectivity index (χ0v) is 22.9. The largest absolute Gasteiger partial charge is 0.383 e. The number of aryl methyl sites for hydroxylation is 1. The van der Waals surface area contributed by atoms with E-state index >= 15 is 0 Å². The van der Waals surface area contributed by atoms with Gasteiger partial charge in [0.15, 0.2) is 5.65 Å². The summed E-state index contributed by atoms with van der Waals surface area (Å²) in [5.41, 5.74) is 2.47. The van der Waals surface area contributed by atoms with E-state index in [-0.39, 0.29) is 12.6 Å². The first-order valence-corrected chi connectivity index (χ1v) is 14.6. The third-order valence-electron chi connectivity index (χ3n) is 6.03. The second-order valence-electron chi connectivity index (χ2n) is 8.52. The third-order valence-corrected chi connectivity index (χ3v) is 9.42. The first-order valence-electron chi connectivity index (χ1n) is 11.4. The van der Waals surface area contributed by atoms with Crippen LogP contribution >= 0.6 is 27.3 Å². The zero-order valence-electron chi connectivity index (χ0n) is 19.7. The summed E-state index contributed by atoms with van der Waals surface area (Å²) >= 11 is 5.05. The number of hydrogen-bond acceptors (Lipinski definition) is 10. The molecule has 0 unspecified atom stereocenters. The highest BCUT2D eigenvalue weighted by molar-refractivity contribution is 9.10. The molecule has 3 aromatic heterocycles. The lowest BCUT2D eigenvalue weighted by molar-refractivity contribution is 0.204. The van der Waals surface area contributed by atoms with E-state index in [0.29, 0.717) is 42.1 Å². The van der Waals surface area contributed by atoms with Crippen molar-refractivity contribution in [1.29, 1.82) is 0 Å². The van der Waals surface area contributed by atoms with Gasteiger partial charge in [0.2, 0.25) is 16.0 Å². The van der Waals surface area contributed by atoms with Crippen LogP contribution in [0.15, 0.2) is 35.1 Å². The lowest BCUT2D eigenvalue weighted by atomic mass is 10.2. The molecule has 14 heteroatoms. The number of fused-ring (bicyclic) bond motifs is 1. The van der Waals surface area contributed by atoms with Crippen molar-refractivity contribution >= 4 is 54.3 Å². The molecule has 1 saturated carbocycles. The summed E-state index contributed by atoms with van der Waals surface area (Å²) in [6, 6.07) is 7.85. The Kier molecular flexibility index (Phi) is 7.30. The lowest BCUT2D eigenvalue weighted by Gasteiger charge is -2.14. The van der Waals surface area contributed by atoms with Crippen molar-refractivity contribution in [2.45, 2.75) is 37.5 Å². The van der Waals surface area contributed by atoms with Gasteiger partial charge in [-0.15, -0.1) is 10.2 Å². The molecule has 0 radical (unpaired) electrons. The fourth-order valence-electron chi connectivity index (χ4n) is 4.22. The topological polar surface area (TPSA) is 137 Å². The van der Waals surface area contributed by atoms with Crippen LogP contribution in [0.2, 0.25) is 0 Å². The van der Waals surface area contributed by atoms with Crippen LogP contribution in [0.25, 0.3) is 27.3 Å². The maximum Gasteiger partial charge on any atom is 0.224 e. The number of nitrogens with one attached hydrogen (secondary N) is 2. The van der Waals surface area contributed by atoms with Gasteiger partial charge < -0.3 is 10.1 Å². The van der Waals surface area contributed by atoms with Crippen molar-refractivity contribution in [2.24, 2.45) is 0 Å². The number of benzene rings is 1. The first-order chi connectivity index (χ1) is 17.3. The molecular formula is C22H25BrN8O3S2. The van der Waals surface area contributed by atoms with Crippen LogP contribution < -0.4 is 10.0 Å². The van der Waals surface area contributed by atoms with Gasteiger partial charge in [0.1, 0.15) is 14.6 Å². The summed E-state index contributed by atoms with van der Waals surface area (Å²) in [7, 11) is -1.85. The number of nitrogens with zero attached hydrogens (tertiary/aromatic N) is 6. The Balaban J connectivity index is 1.33. The molecule has 0 aliphatic heterocycles. The van der Waals surface area contributed by atoms with Crippen molar-refractivity contribution < 1.29 is 13.2 Å². The molecule has 0 spiro atoms. The summed E-state index contributed by atoms with van der Waals surface area (Å²) < 4.78 is 35.0. The predicted octanol–water partition coefficient (Wildman–Crippen LogP) is 3.30. The Bertz CT molecular complexity index is 1470. The minimum absolute atomic E-state index is 0.0408. The van der Waals surface area contributed by atoms with Crippen LogP contribution in [-0.4, -0.2) is 69.9 Å². The Morgan fingerprint density at radius 2 is 2.03 bits per heavy atom. The van der Waals surface area contributed by atoms with E-state index in [4.69, 9.17) is 9.72 Å². The van der Waals surface area contributed by atoms with Crippen molar-refractivity contribution in [3.63, 3.8) is 0 Å². The molecule has 1 aliphatic rings. The van der Waals surface area contributed by atoms with Gasteiger partial charge in [0.25, 0.3) is 0 Å². The molecule has 1 fully saturated rings. The van der Waals surface area contributed by atoms with E-state index in [2.05, 4.69) is 46.2 Å². The van der Waals surface area contributed by atoms with Gasteiger partial charge in [-0.25, -0.2) is 22.8 Å². The lowest BCUT2D eigenvalue weighted by Crippen LogP contribution is -2.35. The van der Waals surface area contributed by atoms with E-state index in [0.717, 1.165) is 26.7 Å². The van der Waals surface area contributed by atoms with Gasteiger partial charge in [-0.1, -0.05) is 11.3 Å². The third kappa shape index (κ3) is 5.27. The average Bonchev–Trinajstić information content (AvgIpc) is 3.59. The first kappa shape index (κ1) is 25.1. The smallest absolute Gasteiger partial charge is 0.224 e. The Labute approximate surface area is 220 Å². The Morgan fingerprint density at radius 1 is 1.22 bits per heavy atom. The highest BCUT2D eigenvalue weighted by Crippen LogP contribution is 2.30. The minimum Gasteiger partial charge on any atom is -0.383 e. The highest BCUT2D eigenvalue weighted by Gasteiger charge is 2.34. The molecule has 3 heterocycles. The molecule has 190 valence electrons. The van der Waals surface area contributed by atoms with Crippen LogP contribution in [0.5, 0.6) is 0 Å². The number of hydrogen-bond donors (Lipinski definition) is 2. The van der Waals surface area contributed by atoms with E-state index in [1.807, 2.05) is 31.2 Å². The Morgan fingerprint density at radius 3 is 2.75 bits per heavy atom. The second kappa shape index (κ2) is 10.5. The molecule has 1 aliphatic carbocycles. The maximum atomic E-state index is 12.6. The zero-order chi connectivity index (χ0) is 25.3. The van der Waals surface area contributed by atoms with E-state index in [1.54, 1.807) is 29.3 Å². The van der Waals surface area contributed by atoms with Gasteiger partial charge in [-0.05, 0) is 66.4 Å². The summed E-state index contributed by atoms with van der Waals surface area (Å²) in [5.74, 6) is 0.437. The fourth-order valence-corrected chi connectivity index (χ4v) is 6.89. The molecule has 11 nitrogen and oxygen atoms in total. The quantitative estimate of drug-likeness (QED) is 0.280.